The van der Waals surface area contributed by atoms with E-state index in [-0.39, 0.29) is 32.9 Å². The Hall–Kier alpha value is -2.32. The van der Waals surface area contributed by atoms with E-state index in [1.54, 1.807) is 0 Å². The van der Waals surface area contributed by atoms with Crippen LogP contribution >= 0.6 is 22.9 Å². The van der Waals surface area contributed by atoms with Crippen molar-refractivity contribution in [3.05, 3.63) is 50.0 Å². The molecule has 0 aliphatic carbocycles. The van der Waals surface area contributed by atoms with E-state index in [1.165, 1.54) is 24.4 Å². The van der Waals surface area contributed by atoms with E-state index >= 15 is 0 Å². The van der Waals surface area contributed by atoms with Crippen LogP contribution in [-0.4, -0.2) is 21.6 Å². The SMILES string of the molecule is CC(=O)c1csc(NC(=O)c2ccc([N+](=O)[O-])c(Cl)c2)n1. The third-order valence-electron chi connectivity index (χ3n) is 2.49. The van der Waals surface area contributed by atoms with Gasteiger partial charge in [-0.25, -0.2) is 4.98 Å². The van der Waals surface area contributed by atoms with Gasteiger partial charge in [-0.2, -0.15) is 0 Å². The number of amides is 1. The molecular weight excluding hydrogens is 318 g/mol. The summed E-state index contributed by atoms with van der Waals surface area (Å²) >= 11 is 6.85. The van der Waals surface area contributed by atoms with E-state index in [1.807, 2.05) is 0 Å². The zero-order valence-electron chi connectivity index (χ0n) is 10.6. The number of carbonyl (C=O) groups is 2. The highest BCUT2D eigenvalue weighted by molar-refractivity contribution is 7.14. The number of ketones is 1. The Bertz CT molecular complexity index is 744. The van der Waals surface area contributed by atoms with Gasteiger partial charge in [0.25, 0.3) is 11.6 Å². The minimum absolute atomic E-state index is 0.129. The van der Waals surface area contributed by atoms with Crippen molar-refractivity contribution >= 4 is 45.4 Å². The van der Waals surface area contributed by atoms with Gasteiger partial charge in [-0.3, -0.25) is 25.0 Å². The van der Waals surface area contributed by atoms with Gasteiger partial charge in [-0.15, -0.1) is 11.3 Å². The molecule has 0 bridgehead atoms. The lowest BCUT2D eigenvalue weighted by Gasteiger charge is -2.02. The van der Waals surface area contributed by atoms with Crippen molar-refractivity contribution in [3.63, 3.8) is 0 Å². The van der Waals surface area contributed by atoms with Crippen LogP contribution in [0.15, 0.2) is 23.6 Å². The molecule has 0 atom stereocenters. The van der Waals surface area contributed by atoms with Crippen molar-refractivity contribution in [1.29, 1.82) is 0 Å². The number of hydrogen-bond acceptors (Lipinski definition) is 6. The normalized spacial score (nSPS) is 10.2. The number of nitrogens with zero attached hydrogens (tertiary/aromatic N) is 2. The minimum atomic E-state index is -0.635. The molecule has 2 rings (SSSR count). The number of aromatic nitrogens is 1. The first-order chi connectivity index (χ1) is 9.88. The molecular formula is C12H8ClN3O4S. The number of nitrogens with one attached hydrogen (secondary N) is 1. The van der Waals surface area contributed by atoms with Crippen molar-refractivity contribution in [1.82, 2.24) is 4.98 Å². The van der Waals surface area contributed by atoms with E-state index in [2.05, 4.69) is 10.3 Å². The Morgan fingerprint density at radius 2 is 2.14 bits per heavy atom. The number of rotatable bonds is 4. The monoisotopic (exact) mass is 325 g/mol. The molecule has 21 heavy (non-hydrogen) atoms. The molecule has 0 aliphatic rings. The number of thiazole rings is 1. The Labute approximate surface area is 127 Å². The van der Waals surface area contributed by atoms with Crippen LogP contribution < -0.4 is 5.32 Å². The molecule has 0 fully saturated rings. The molecule has 0 saturated heterocycles. The summed E-state index contributed by atoms with van der Waals surface area (Å²) in [6.45, 7) is 1.37. The predicted octanol–water partition coefficient (Wildman–Crippen LogP) is 3.16. The van der Waals surface area contributed by atoms with Gasteiger partial charge >= 0.3 is 0 Å². The van der Waals surface area contributed by atoms with Crippen LogP contribution in [0.3, 0.4) is 0 Å². The Morgan fingerprint density at radius 3 is 2.67 bits per heavy atom. The van der Waals surface area contributed by atoms with Crippen LogP contribution in [0.25, 0.3) is 0 Å². The molecule has 0 aliphatic heterocycles. The van der Waals surface area contributed by atoms with Crippen LogP contribution in [-0.2, 0) is 0 Å². The first-order valence-corrected chi connectivity index (χ1v) is 6.86. The van der Waals surface area contributed by atoms with Crippen molar-refractivity contribution in [2.45, 2.75) is 6.92 Å². The number of hydrogen-bond donors (Lipinski definition) is 1. The molecule has 1 heterocycles. The molecule has 1 N–H and O–H groups in total. The Kier molecular flexibility index (Phi) is 4.29. The van der Waals surface area contributed by atoms with Gasteiger partial charge < -0.3 is 0 Å². The van der Waals surface area contributed by atoms with Crippen LogP contribution in [0.1, 0.15) is 27.8 Å². The molecule has 1 aromatic heterocycles. The Balaban J connectivity index is 2.18. The number of nitro benzene ring substituents is 1. The minimum Gasteiger partial charge on any atom is -0.298 e. The lowest BCUT2D eigenvalue weighted by molar-refractivity contribution is -0.384. The number of anilines is 1. The zero-order valence-corrected chi connectivity index (χ0v) is 12.2. The van der Waals surface area contributed by atoms with Crippen LogP contribution in [0.5, 0.6) is 0 Å². The quantitative estimate of drug-likeness (QED) is 0.528. The average molecular weight is 326 g/mol. The Morgan fingerprint density at radius 1 is 1.43 bits per heavy atom. The summed E-state index contributed by atoms with van der Waals surface area (Å²) in [7, 11) is 0. The van der Waals surface area contributed by atoms with Gasteiger partial charge in [-0.05, 0) is 12.1 Å². The summed E-state index contributed by atoms with van der Waals surface area (Å²) in [4.78, 5) is 37.0. The summed E-state index contributed by atoms with van der Waals surface area (Å²) in [5, 5.41) is 14.8. The molecule has 0 spiro atoms. The summed E-state index contributed by atoms with van der Waals surface area (Å²) in [5.74, 6) is -0.721. The predicted molar refractivity (Wildman–Crippen MR) is 78.2 cm³/mol. The average Bonchev–Trinajstić information content (AvgIpc) is 2.86. The van der Waals surface area contributed by atoms with Crippen molar-refractivity contribution in [3.8, 4) is 0 Å². The lowest BCUT2D eigenvalue weighted by atomic mass is 10.2. The molecule has 108 valence electrons. The van der Waals surface area contributed by atoms with Crippen LogP contribution in [0.2, 0.25) is 5.02 Å². The maximum Gasteiger partial charge on any atom is 0.287 e. The highest BCUT2D eigenvalue weighted by Gasteiger charge is 2.16. The highest BCUT2D eigenvalue weighted by atomic mass is 35.5. The van der Waals surface area contributed by atoms with Crippen molar-refractivity contribution in [2.24, 2.45) is 0 Å². The third-order valence-corrected chi connectivity index (χ3v) is 3.55. The van der Waals surface area contributed by atoms with Gasteiger partial charge in [0.1, 0.15) is 10.7 Å². The molecule has 0 unspecified atom stereocenters. The van der Waals surface area contributed by atoms with Crippen molar-refractivity contribution < 1.29 is 14.5 Å². The number of carbonyl (C=O) groups excluding carboxylic acids is 2. The van der Waals surface area contributed by atoms with E-state index < -0.39 is 10.8 Å². The summed E-state index contributed by atoms with van der Waals surface area (Å²) in [5.41, 5.74) is 0.142. The van der Waals surface area contributed by atoms with Crippen molar-refractivity contribution in [2.75, 3.05) is 5.32 Å². The van der Waals surface area contributed by atoms with Crippen LogP contribution in [0.4, 0.5) is 10.8 Å². The fourth-order valence-corrected chi connectivity index (χ4v) is 2.45. The topological polar surface area (TPSA) is 102 Å². The van der Waals surface area contributed by atoms with Gasteiger partial charge in [0.2, 0.25) is 0 Å². The van der Waals surface area contributed by atoms with Gasteiger partial charge in [-0.1, -0.05) is 11.6 Å². The fourth-order valence-electron chi connectivity index (χ4n) is 1.46. The van der Waals surface area contributed by atoms with E-state index in [0.29, 0.717) is 0 Å². The number of halogens is 1. The third kappa shape index (κ3) is 3.41. The van der Waals surface area contributed by atoms with Gasteiger partial charge in [0.05, 0.1) is 4.92 Å². The van der Waals surface area contributed by atoms with E-state index in [0.717, 1.165) is 17.4 Å². The van der Waals surface area contributed by atoms with Crippen LogP contribution in [0, 0.1) is 10.1 Å². The largest absolute Gasteiger partial charge is 0.298 e. The second kappa shape index (κ2) is 5.98. The summed E-state index contributed by atoms with van der Waals surface area (Å²) < 4.78 is 0. The molecule has 2 aromatic rings. The first kappa shape index (κ1) is 15.1. The summed E-state index contributed by atoms with van der Waals surface area (Å²) in [6, 6.07) is 3.65. The maximum absolute atomic E-state index is 12.0. The number of benzene rings is 1. The summed E-state index contributed by atoms with van der Waals surface area (Å²) in [6.07, 6.45) is 0. The van der Waals surface area contributed by atoms with Gasteiger partial charge in [0.15, 0.2) is 10.9 Å². The molecule has 9 heteroatoms. The zero-order chi connectivity index (χ0) is 15.6. The molecule has 0 radical (unpaired) electrons. The van der Waals surface area contributed by atoms with Gasteiger partial charge in [0, 0.05) is 23.9 Å². The standard InChI is InChI=1S/C12H8ClN3O4S/c1-6(17)9-5-21-12(14-9)15-11(18)7-2-3-10(16(19)20)8(13)4-7/h2-5H,1H3,(H,14,15,18). The molecule has 1 aromatic carbocycles. The lowest BCUT2D eigenvalue weighted by Crippen LogP contribution is -2.12. The fraction of sp³-hybridized carbons (Fsp3) is 0.0833. The van der Waals surface area contributed by atoms with E-state index in [4.69, 9.17) is 11.6 Å². The second-order valence-corrected chi connectivity index (χ2v) is 5.24. The second-order valence-electron chi connectivity index (χ2n) is 3.97. The molecule has 7 nitrogen and oxygen atoms in total. The highest BCUT2D eigenvalue weighted by Crippen LogP contribution is 2.25. The molecule has 1 amide bonds. The smallest absolute Gasteiger partial charge is 0.287 e. The number of nitro groups is 1. The molecule has 0 saturated carbocycles. The van der Waals surface area contributed by atoms with E-state index in [9.17, 15) is 19.7 Å². The number of Topliss-reactive ketones (excluding diaryl/α,β-unsaturated/α-hetero) is 1. The maximum atomic E-state index is 12.0. The first-order valence-electron chi connectivity index (χ1n) is 5.60.